The third-order valence-corrected chi connectivity index (χ3v) is 6.30. The van der Waals surface area contributed by atoms with Gasteiger partial charge in [0, 0.05) is 30.4 Å². The molecule has 254 valence electrons. The molecular formula is C32H48O13. The van der Waals surface area contributed by atoms with Crippen molar-refractivity contribution in [3.8, 4) is 0 Å². The zero-order chi connectivity index (χ0) is 33.8. The van der Waals surface area contributed by atoms with Gasteiger partial charge in [-0.05, 0) is 64.9 Å². The Labute approximate surface area is 264 Å². The largest absolute Gasteiger partial charge is 0.462 e. The lowest BCUT2D eigenvalue weighted by Gasteiger charge is -2.34. The van der Waals surface area contributed by atoms with Crippen molar-refractivity contribution in [2.24, 2.45) is 0 Å². The molecule has 0 radical (unpaired) electrons. The van der Waals surface area contributed by atoms with E-state index in [-0.39, 0.29) is 63.3 Å². The standard InChI is InChI=1S/C32H48O13/c1-21(2)30(36)39-16-10-7-13-26(33)43-24-19-29(45-28(35)15-9-12-18-41-32(38)23(5)6)42-20-25(24)44-27(34)14-8-11-17-40-31(37)22(3)4/h24-25,29,31,37H,1,3,5,7-20H2,2,4,6H3. The first-order valence-corrected chi connectivity index (χ1v) is 15.1. The molecule has 0 spiro atoms. The van der Waals surface area contributed by atoms with Crippen molar-refractivity contribution in [3.63, 3.8) is 0 Å². The summed E-state index contributed by atoms with van der Waals surface area (Å²) in [5.74, 6) is -2.64. The Morgan fingerprint density at radius 2 is 1.13 bits per heavy atom. The second-order valence-corrected chi connectivity index (χ2v) is 10.8. The van der Waals surface area contributed by atoms with Crippen LogP contribution in [0, 0.1) is 0 Å². The SMILES string of the molecule is C=C(C)C(=O)OCCCCC(=O)OC1CC(OC(=O)CCCCOC(=O)C(=C)C)C(OC(=O)CCCCOC(O)C(=C)C)CO1. The van der Waals surface area contributed by atoms with Crippen molar-refractivity contribution in [3.05, 3.63) is 36.5 Å². The van der Waals surface area contributed by atoms with Gasteiger partial charge in [-0.25, -0.2) is 9.59 Å². The molecule has 1 rings (SSSR count). The molecule has 0 aliphatic carbocycles. The maximum atomic E-state index is 12.6. The van der Waals surface area contributed by atoms with Crippen LogP contribution >= 0.6 is 0 Å². The fraction of sp³-hybridized carbons (Fsp3) is 0.656. The van der Waals surface area contributed by atoms with Crippen molar-refractivity contribution in [1.29, 1.82) is 0 Å². The lowest BCUT2D eigenvalue weighted by Crippen LogP contribution is -2.47. The lowest BCUT2D eigenvalue weighted by molar-refractivity contribution is -0.230. The number of aliphatic hydroxyl groups excluding tert-OH is 1. The highest BCUT2D eigenvalue weighted by Gasteiger charge is 2.38. The monoisotopic (exact) mass is 640 g/mol. The summed E-state index contributed by atoms with van der Waals surface area (Å²) in [5, 5.41) is 9.61. The van der Waals surface area contributed by atoms with Crippen LogP contribution < -0.4 is 0 Å². The third-order valence-electron chi connectivity index (χ3n) is 6.30. The Bertz CT molecular complexity index is 1030. The number of unbranched alkanes of at least 4 members (excludes halogenated alkanes) is 3. The molecule has 4 unspecified atom stereocenters. The molecule has 1 aliphatic heterocycles. The maximum absolute atomic E-state index is 12.6. The lowest BCUT2D eigenvalue weighted by atomic mass is 10.1. The predicted octanol–water partition coefficient (Wildman–Crippen LogP) is 3.76. The summed E-state index contributed by atoms with van der Waals surface area (Å²) >= 11 is 0. The van der Waals surface area contributed by atoms with Crippen LogP contribution in [0.15, 0.2) is 36.5 Å². The first kappa shape index (κ1) is 39.5. The van der Waals surface area contributed by atoms with Crippen molar-refractivity contribution < 1.29 is 62.2 Å². The molecule has 13 heteroatoms. The third kappa shape index (κ3) is 18.1. The molecule has 4 atom stereocenters. The minimum Gasteiger partial charge on any atom is -0.462 e. The first-order chi connectivity index (χ1) is 21.3. The van der Waals surface area contributed by atoms with Gasteiger partial charge >= 0.3 is 29.8 Å². The number of esters is 5. The minimum atomic E-state index is -1.06. The van der Waals surface area contributed by atoms with E-state index in [1.165, 1.54) is 6.92 Å². The van der Waals surface area contributed by atoms with Gasteiger partial charge in [-0.2, -0.15) is 0 Å². The number of carbonyl (C=O) groups excluding carboxylic acids is 5. The molecule has 1 saturated heterocycles. The topological polar surface area (TPSA) is 170 Å². The van der Waals surface area contributed by atoms with E-state index in [2.05, 4.69) is 19.7 Å². The molecule has 0 aromatic rings. The fourth-order valence-corrected chi connectivity index (χ4v) is 3.72. The van der Waals surface area contributed by atoms with Gasteiger partial charge in [0.05, 0.1) is 32.8 Å². The van der Waals surface area contributed by atoms with E-state index in [1.807, 2.05) is 0 Å². The van der Waals surface area contributed by atoms with E-state index in [1.54, 1.807) is 13.8 Å². The van der Waals surface area contributed by atoms with Gasteiger partial charge in [0.2, 0.25) is 6.29 Å². The van der Waals surface area contributed by atoms with Gasteiger partial charge in [0.15, 0.2) is 12.4 Å². The van der Waals surface area contributed by atoms with Crippen molar-refractivity contribution in [2.75, 3.05) is 26.4 Å². The maximum Gasteiger partial charge on any atom is 0.333 e. The number of aliphatic hydroxyl groups is 1. The summed E-state index contributed by atoms with van der Waals surface area (Å²) in [7, 11) is 0. The van der Waals surface area contributed by atoms with Crippen LogP contribution in [0.2, 0.25) is 0 Å². The van der Waals surface area contributed by atoms with Crippen molar-refractivity contribution in [2.45, 2.75) is 110 Å². The molecular weight excluding hydrogens is 592 g/mol. The number of hydrogen-bond acceptors (Lipinski definition) is 13. The molecule has 1 aliphatic rings. The summed E-state index contributed by atoms with van der Waals surface area (Å²) in [4.78, 5) is 60.4. The van der Waals surface area contributed by atoms with E-state index in [4.69, 9.17) is 33.2 Å². The van der Waals surface area contributed by atoms with E-state index in [9.17, 15) is 29.1 Å². The van der Waals surface area contributed by atoms with E-state index in [0.29, 0.717) is 44.1 Å². The predicted molar refractivity (Wildman–Crippen MR) is 160 cm³/mol. The summed E-state index contributed by atoms with van der Waals surface area (Å²) in [6.07, 6.45) is -1.23. The fourth-order valence-electron chi connectivity index (χ4n) is 3.72. The summed E-state index contributed by atoms with van der Waals surface area (Å²) in [6, 6.07) is 0. The molecule has 1 heterocycles. The first-order valence-electron chi connectivity index (χ1n) is 15.1. The van der Waals surface area contributed by atoms with Gasteiger partial charge in [0.1, 0.15) is 6.10 Å². The highest BCUT2D eigenvalue weighted by atomic mass is 16.7. The van der Waals surface area contributed by atoms with Gasteiger partial charge in [-0.3, -0.25) is 14.4 Å². The molecule has 0 aromatic heterocycles. The van der Waals surface area contributed by atoms with Crippen LogP contribution in [0.4, 0.5) is 0 Å². The van der Waals surface area contributed by atoms with Crippen LogP contribution in [-0.4, -0.2) is 86.2 Å². The van der Waals surface area contributed by atoms with Gasteiger partial charge in [0.25, 0.3) is 0 Å². The summed E-state index contributed by atoms with van der Waals surface area (Å²) < 4.78 is 37.4. The average Bonchev–Trinajstić information content (AvgIpc) is 2.97. The van der Waals surface area contributed by atoms with E-state index in [0.717, 1.165) is 0 Å². The van der Waals surface area contributed by atoms with Gasteiger partial charge < -0.3 is 38.3 Å². The molecule has 0 amide bonds. The second-order valence-electron chi connectivity index (χ2n) is 10.8. The Kier molecular flexibility index (Phi) is 19.3. The molecule has 0 bridgehead atoms. The van der Waals surface area contributed by atoms with Crippen LogP contribution in [0.25, 0.3) is 0 Å². The number of ether oxygens (including phenoxy) is 7. The van der Waals surface area contributed by atoms with Crippen LogP contribution in [-0.2, 0) is 57.1 Å². The minimum absolute atomic E-state index is 0.0269. The van der Waals surface area contributed by atoms with E-state index >= 15 is 0 Å². The van der Waals surface area contributed by atoms with Crippen LogP contribution in [0.1, 0.15) is 85.0 Å². The average molecular weight is 641 g/mol. The van der Waals surface area contributed by atoms with Gasteiger partial charge in [-0.15, -0.1) is 0 Å². The van der Waals surface area contributed by atoms with Crippen molar-refractivity contribution in [1.82, 2.24) is 0 Å². The number of carbonyl (C=O) groups is 5. The highest BCUT2D eigenvalue weighted by Crippen LogP contribution is 2.23. The molecule has 0 aromatic carbocycles. The Hall–Kier alpha value is -3.55. The highest BCUT2D eigenvalue weighted by molar-refractivity contribution is 5.87. The van der Waals surface area contributed by atoms with E-state index < -0.39 is 54.6 Å². The molecule has 0 saturated carbocycles. The zero-order valence-electron chi connectivity index (χ0n) is 26.7. The van der Waals surface area contributed by atoms with Crippen LogP contribution in [0.5, 0.6) is 0 Å². The molecule has 1 N–H and O–H groups in total. The normalized spacial score (nSPS) is 18.2. The number of hydrogen-bond donors (Lipinski definition) is 1. The zero-order valence-corrected chi connectivity index (χ0v) is 26.7. The molecule has 13 nitrogen and oxygen atoms in total. The molecule has 1 fully saturated rings. The molecule has 45 heavy (non-hydrogen) atoms. The Morgan fingerprint density at radius 1 is 0.689 bits per heavy atom. The Morgan fingerprint density at radius 3 is 1.60 bits per heavy atom. The second kappa shape index (κ2) is 22.0. The number of rotatable bonds is 22. The van der Waals surface area contributed by atoms with Crippen LogP contribution in [0.3, 0.4) is 0 Å². The Balaban J connectivity index is 2.60. The smallest absolute Gasteiger partial charge is 0.333 e. The quantitative estimate of drug-likeness (QED) is 0.0453. The summed E-state index contributed by atoms with van der Waals surface area (Å²) in [5.41, 5.74) is 1.05. The van der Waals surface area contributed by atoms with Gasteiger partial charge in [-0.1, -0.05) is 19.7 Å². The summed E-state index contributed by atoms with van der Waals surface area (Å²) in [6.45, 7) is 15.7. The van der Waals surface area contributed by atoms with Crippen molar-refractivity contribution >= 4 is 29.8 Å².